The van der Waals surface area contributed by atoms with Gasteiger partial charge in [0.2, 0.25) is 5.95 Å². The van der Waals surface area contributed by atoms with Gasteiger partial charge in [-0.1, -0.05) is 13.8 Å². The molecule has 0 atom stereocenters. The SMILES string of the molecule is CC.CNC.O=Cc1cc(CCc2cnc(Nc3cnn(C4CCOCC4)c3)nc2)c(F)c(C2CC2)c1. The largest absolute Gasteiger partial charge is 0.381 e. The maximum atomic E-state index is 14.9. The molecule has 3 heterocycles. The van der Waals surface area contributed by atoms with Crippen LogP contribution in [0.15, 0.2) is 36.9 Å². The van der Waals surface area contributed by atoms with E-state index in [-0.39, 0.29) is 11.7 Å². The molecule has 0 amide bonds. The van der Waals surface area contributed by atoms with Gasteiger partial charge < -0.3 is 15.4 Å². The lowest BCUT2D eigenvalue weighted by Crippen LogP contribution is -2.19. The highest BCUT2D eigenvalue weighted by molar-refractivity contribution is 5.75. The van der Waals surface area contributed by atoms with E-state index >= 15 is 0 Å². The molecule has 0 spiro atoms. The zero-order valence-corrected chi connectivity index (χ0v) is 22.3. The Morgan fingerprint density at radius 1 is 1.05 bits per heavy atom. The number of nitrogens with one attached hydrogen (secondary N) is 2. The molecule has 5 rings (SSSR count). The fourth-order valence-corrected chi connectivity index (χ4v) is 4.18. The predicted octanol–water partition coefficient (Wildman–Crippen LogP) is 5.24. The fraction of sp³-hybridized carbons (Fsp3) is 0.500. The molecule has 1 saturated carbocycles. The van der Waals surface area contributed by atoms with Gasteiger partial charge in [0.25, 0.3) is 0 Å². The van der Waals surface area contributed by atoms with Crippen molar-refractivity contribution in [2.24, 2.45) is 0 Å². The number of aldehydes is 1. The normalized spacial score (nSPS) is 15.2. The van der Waals surface area contributed by atoms with E-state index in [1.807, 2.05) is 38.8 Å². The number of halogens is 1. The summed E-state index contributed by atoms with van der Waals surface area (Å²) in [5, 5.41) is 10.4. The number of anilines is 2. The van der Waals surface area contributed by atoms with Crippen molar-refractivity contribution in [3.63, 3.8) is 0 Å². The van der Waals surface area contributed by atoms with Crippen LogP contribution in [0.3, 0.4) is 0 Å². The molecule has 37 heavy (non-hydrogen) atoms. The minimum atomic E-state index is -0.168. The molecule has 1 saturated heterocycles. The van der Waals surface area contributed by atoms with Gasteiger partial charge in [-0.3, -0.25) is 9.48 Å². The summed E-state index contributed by atoms with van der Waals surface area (Å²) in [5.41, 5.74) is 3.56. The van der Waals surface area contributed by atoms with Crippen LogP contribution in [0.2, 0.25) is 0 Å². The third-order valence-electron chi connectivity index (χ3n) is 6.16. The first-order chi connectivity index (χ1) is 18.1. The summed E-state index contributed by atoms with van der Waals surface area (Å²) >= 11 is 0. The third-order valence-corrected chi connectivity index (χ3v) is 6.16. The van der Waals surface area contributed by atoms with Crippen LogP contribution >= 0.6 is 0 Å². The Morgan fingerprint density at radius 2 is 1.73 bits per heavy atom. The number of ether oxygens (including phenoxy) is 1. The summed E-state index contributed by atoms with van der Waals surface area (Å²) in [7, 11) is 3.75. The van der Waals surface area contributed by atoms with Crippen molar-refractivity contribution >= 4 is 17.9 Å². The quantitative estimate of drug-likeness (QED) is 0.400. The van der Waals surface area contributed by atoms with E-state index in [9.17, 15) is 9.18 Å². The van der Waals surface area contributed by atoms with Gasteiger partial charge in [0.05, 0.1) is 17.9 Å². The molecule has 1 aromatic carbocycles. The second kappa shape index (κ2) is 14.5. The highest BCUT2D eigenvalue weighted by Crippen LogP contribution is 2.42. The number of aromatic nitrogens is 4. The number of hydrogen-bond donors (Lipinski definition) is 2. The molecule has 2 aromatic heterocycles. The van der Waals surface area contributed by atoms with Crippen LogP contribution in [-0.2, 0) is 17.6 Å². The van der Waals surface area contributed by atoms with Gasteiger partial charge in [0.1, 0.15) is 12.1 Å². The zero-order chi connectivity index (χ0) is 26.6. The van der Waals surface area contributed by atoms with E-state index in [2.05, 4.69) is 25.7 Å². The van der Waals surface area contributed by atoms with Crippen LogP contribution in [0.4, 0.5) is 16.0 Å². The van der Waals surface area contributed by atoms with Crippen molar-refractivity contribution in [3.8, 4) is 0 Å². The maximum Gasteiger partial charge on any atom is 0.227 e. The van der Waals surface area contributed by atoms with Crippen molar-refractivity contribution in [2.75, 3.05) is 32.6 Å². The van der Waals surface area contributed by atoms with Crippen LogP contribution in [0.1, 0.15) is 78.5 Å². The molecule has 3 aromatic rings. The highest BCUT2D eigenvalue weighted by Gasteiger charge is 2.28. The molecule has 1 aliphatic carbocycles. The standard InChI is InChI=1S/C24H26FN5O2.C2H7N.C2H6/c25-23-19(9-17(15-31)10-22(23)18-3-4-18)2-1-16-11-26-24(27-12-16)29-20-13-28-30(14-20)21-5-7-32-8-6-21;1-3-2;1-2/h9-15,18,21H,1-8H2,(H,26,27,29);3H,1-2H3;1-2H3. The first kappa shape index (κ1) is 28.4. The number of hydrogen-bond acceptors (Lipinski definition) is 7. The summed E-state index contributed by atoms with van der Waals surface area (Å²) in [6.45, 7) is 5.53. The van der Waals surface area contributed by atoms with Crippen molar-refractivity contribution in [3.05, 3.63) is 65.0 Å². The van der Waals surface area contributed by atoms with E-state index < -0.39 is 0 Å². The lowest BCUT2D eigenvalue weighted by Gasteiger charge is -2.22. The minimum Gasteiger partial charge on any atom is -0.381 e. The van der Waals surface area contributed by atoms with E-state index in [0.717, 1.165) is 56.4 Å². The number of aryl methyl sites for hydroxylation is 2. The zero-order valence-electron chi connectivity index (χ0n) is 22.3. The summed E-state index contributed by atoms with van der Waals surface area (Å²) in [6.07, 6.45) is 13.1. The Morgan fingerprint density at radius 3 is 2.35 bits per heavy atom. The van der Waals surface area contributed by atoms with Gasteiger partial charge in [0, 0.05) is 37.4 Å². The Kier molecular flexibility index (Phi) is 11.2. The maximum absolute atomic E-state index is 14.9. The second-order valence-electron chi connectivity index (χ2n) is 9.07. The predicted molar refractivity (Wildman–Crippen MR) is 144 cm³/mol. The van der Waals surface area contributed by atoms with Gasteiger partial charge in [-0.25, -0.2) is 14.4 Å². The van der Waals surface area contributed by atoms with Crippen molar-refractivity contribution in [1.29, 1.82) is 0 Å². The molecule has 8 nitrogen and oxygen atoms in total. The Bertz CT molecular complexity index is 1110. The highest BCUT2D eigenvalue weighted by atomic mass is 19.1. The fourth-order valence-electron chi connectivity index (χ4n) is 4.18. The van der Waals surface area contributed by atoms with Crippen LogP contribution in [0.25, 0.3) is 0 Å². The van der Waals surface area contributed by atoms with E-state index in [1.54, 1.807) is 30.7 Å². The third kappa shape index (κ3) is 8.16. The summed E-state index contributed by atoms with van der Waals surface area (Å²) in [6, 6.07) is 3.71. The molecule has 200 valence electrons. The molecule has 9 heteroatoms. The first-order valence-electron chi connectivity index (χ1n) is 13.2. The number of carbonyl (C=O) groups is 1. The molecule has 2 aliphatic rings. The number of nitrogens with zero attached hydrogens (tertiary/aromatic N) is 4. The first-order valence-corrected chi connectivity index (χ1v) is 13.2. The Hall–Kier alpha value is -3.17. The van der Waals surface area contributed by atoms with E-state index in [4.69, 9.17) is 4.74 Å². The van der Waals surface area contributed by atoms with Crippen LogP contribution in [0.5, 0.6) is 0 Å². The molecule has 1 aliphatic heterocycles. The summed E-state index contributed by atoms with van der Waals surface area (Å²) in [4.78, 5) is 20.0. The number of carbonyl (C=O) groups excluding carboxylic acids is 1. The molecule has 2 fully saturated rings. The molecule has 0 bridgehead atoms. The minimum absolute atomic E-state index is 0.168. The van der Waals surface area contributed by atoms with Crippen molar-refractivity contribution in [1.82, 2.24) is 25.1 Å². The Balaban J connectivity index is 0.000000711. The molecule has 2 N–H and O–H groups in total. The second-order valence-corrected chi connectivity index (χ2v) is 9.07. The average molecular weight is 511 g/mol. The molecule has 0 unspecified atom stereocenters. The van der Waals surface area contributed by atoms with E-state index in [1.165, 1.54) is 0 Å². The van der Waals surface area contributed by atoms with Gasteiger partial charge in [-0.05, 0) is 87.4 Å². The average Bonchev–Trinajstić information content (AvgIpc) is 3.68. The lowest BCUT2D eigenvalue weighted by atomic mass is 9.98. The van der Waals surface area contributed by atoms with Crippen LogP contribution < -0.4 is 10.6 Å². The number of benzene rings is 1. The molecular formula is C28H39FN6O2. The molecular weight excluding hydrogens is 471 g/mol. The summed E-state index contributed by atoms with van der Waals surface area (Å²) < 4.78 is 22.2. The monoisotopic (exact) mass is 510 g/mol. The Labute approximate surface area is 219 Å². The van der Waals surface area contributed by atoms with Crippen LogP contribution in [0, 0.1) is 5.82 Å². The summed E-state index contributed by atoms with van der Waals surface area (Å²) in [5.74, 6) is 0.586. The van der Waals surface area contributed by atoms with Gasteiger partial charge in [-0.15, -0.1) is 0 Å². The van der Waals surface area contributed by atoms with Crippen molar-refractivity contribution in [2.45, 2.75) is 64.3 Å². The van der Waals surface area contributed by atoms with Gasteiger partial charge in [0.15, 0.2) is 0 Å². The van der Waals surface area contributed by atoms with Gasteiger partial charge >= 0.3 is 0 Å². The van der Waals surface area contributed by atoms with E-state index in [0.29, 0.717) is 41.5 Å². The van der Waals surface area contributed by atoms with Crippen LogP contribution in [-0.4, -0.2) is 53.3 Å². The number of rotatable bonds is 8. The van der Waals surface area contributed by atoms with Gasteiger partial charge in [-0.2, -0.15) is 5.10 Å². The lowest BCUT2D eigenvalue weighted by molar-refractivity contribution is 0.0662. The van der Waals surface area contributed by atoms with Crippen molar-refractivity contribution < 1.29 is 13.9 Å². The molecule has 0 radical (unpaired) electrons. The smallest absolute Gasteiger partial charge is 0.227 e. The topological polar surface area (TPSA) is 94.0 Å².